The summed E-state index contributed by atoms with van der Waals surface area (Å²) >= 11 is 0. The van der Waals surface area contributed by atoms with E-state index in [9.17, 15) is 4.79 Å². The summed E-state index contributed by atoms with van der Waals surface area (Å²) in [5.41, 5.74) is 0.710. The Morgan fingerprint density at radius 1 is 1.33 bits per heavy atom. The summed E-state index contributed by atoms with van der Waals surface area (Å²) < 4.78 is 4.88. The summed E-state index contributed by atoms with van der Waals surface area (Å²) in [6, 6.07) is 5.63. The molecule has 0 fully saturated rings. The van der Waals surface area contributed by atoms with Gasteiger partial charge >= 0.3 is 6.01 Å². The molecule has 0 atom stereocenters. The minimum absolute atomic E-state index is 0.198. The first-order chi connectivity index (χ1) is 7.34. The van der Waals surface area contributed by atoms with E-state index in [-0.39, 0.29) is 18.3 Å². The summed E-state index contributed by atoms with van der Waals surface area (Å²) in [6.45, 7) is 0. The molecule has 0 aliphatic carbocycles. The van der Waals surface area contributed by atoms with Gasteiger partial charge in [0.1, 0.15) is 6.26 Å². The van der Waals surface area contributed by atoms with E-state index in [4.69, 9.17) is 4.42 Å². The van der Waals surface area contributed by atoms with Crippen molar-refractivity contribution in [3.63, 3.8) is 0 Å². The van der Waals surface area contributed by atoms with Gasteiger partial charge in [0.05, 0.1) is 12.6 Å². The largest absolute Gasteiger partial charge is 0.432 e. The van der Waals surface area contributed by atoms with Crippen molar-refractivity contribution in [2.75, 3.05) is 5.32 Å². The minimum Gasteiger partial charge on any atom is -0.432 e. The zero-order valence-electron chi connectivity index (χ0n) is 7.88. The number of rotatable bonds is 3. The lowest BCUT2D eigenvalue weighted by Gasteiger charge is -1.99. The lowest BCUT2D eigenvalue weighted by molar-refractivity contribution is -0.115. The Kier molecular flexibility index (Phi) is 2.73. The van der Waals surface area contributed by atoms with E-state index in [0.717, 1.165) is 0 Å². The number of nitrogens with zero attached hydrogens (tertiary/aromatic N) is 2. The van der Waals surface area contributed by atoms with Gasteiger partial charge in [-0.15, -0.1) is 0 Å². The standard InChI is InChI=1S/C10H9N3O2/c14-9(13-10-12-5-6-15-10)7-8-3-1-2-4-11-8/h1-6H,7H2,(H,12,13,14). The smallest absolute Gasteiger partial charge is 0.301 e. The summed E-state index contributed by atoms with van der Waals surface area (Å²) in [5.74, 6) is -0.198. The molecular weight excluding hydrogens is 194 g/mol. The molecule has 5 heteroatoms. The molecule has 0 bridgehead atoms. The van der Waals surface area contributed by atoms with Gasteiger partial charge in [-0.1, -0.05) is 6.07 Å². The molecule has 76 valence electrons. The molecule has 0 unspecified atom stereocenters. The van der Waals surface area contributed by atoms with Gasteiger partial charge in [-0.25, -0.2) is 4.98 Å². The second-order valence-electron chi connectivity index (χ2n) is 2.88. The number of anilines is 1. The number of carbonyl (C=O) groups excluding carboxylic acids is 1. The van der Waals surface area contributed by atoms with Crippen LogP contribution < -0.4 is 5.32 Å². The summed E-state index contributed by atoms with van der Waals surface area (Å²) in [4.78, 5) is 19.2. The maximum absolute atomic E-state index is 11.4. The molecule has 2 aromatic heterocycles. The van der Waals surface area contributed by atoms with Gasteiger partial charge in [0.15, 0.2) is 0 Å². The van der Waals surface area contributed by atoms with Gasteiger partial charge < -0.3 is 4.42 Å². The third kappa shape index (κ3) is 2.63. The molecule has 0 spiro atoms. The number of hydrogen-bond donors (Lipinski definition) is 1. The van der Waals surface area contributed by atoms with Gasteiger partial charge in [0.25, 0.3) is 0 Å². The number of nitrogens with one attached hydrogen (secondary N) is 1. The van der Waals surface area contributed by atoms with E-state index in [1.54, 1.807) is 18.3 Å². The zero-order valence-corrected chi connectivity index (χ0v) is 7.88. The monoisotopic (exact) mass is 203 g/mol. The highest BCUT2D eigenvalue weighted by molar-refractivity contribution is 5.89. The molecular formula is C10H9N3O2. The topological polar surface area (TPSA) is 68.0 Å². The van der Waals surface area contributed by atoms with E-state index in [2.05, 4.69) is 15.3 Å². The van der Waals surface area contributed by atoms with E-state index < -0.39 is 0 Å². The van der Waals surface area contributed by atoms with Gasteiger partial charge in [-0.2, -0.15) is 0 Å². The fraction of sp³-hybridized carbons (Fsp3) is 0.100. The molecule has 0 saturated heterocycles. The molecule has 15 heavy (non-hydrogen) atoms. The Labute approximate surface area is 86.2 Å². The van der Waals surface area contributed by atoms with Crippen LogP contribution >= 0.6 is 0 Å². The maximum Gasteiger partial charge on any atom is 0.301 e. The van der Waals surface area contributed by atoms with Crippen molar-refractivity contribution in [3.05, 3.63) is 42.5 Å². The van der Waals surface area contributed by atoms with Crippen LogP contribution in [0.3, 0.4) is 0 Å². The number of pyridine rings is 1. The molecule has 0 aliphatic heterocycles. The van der Waals surface area contributed by atoms with Crippen molar-refractivity contribution in [2.24, 2.45) is 0 Å². The molecule has 0 aromatic carbocycles. The highest BCUT2D eigenvalue weighted by atomic mass is 16.4. The van der Waals surface area contributed by atoms with Crippen LogP contribution in [0.15, 0.2) is 41.3 Å². The number of carbonyl (C=O) groups is 1. The number of hydrogen-bond acceptors (Lipinski definition) is 4. The van der Waals surface area contributed by atoms with E-state index in [0.29, 0.717) is 5.69 Å². The highest BCUT2D eigenvalue weighted by Crippen LogP contribution is 2.02. The molecule has 2 aromatic rings. The van der Waals surface area contributed by atoms with E-state index >= 15 is 0 Å². The second-order valence-corrected chi connectivity index (χ2v) is 2.88. The van der Waals surface area contributed by atoms with Crippen LogP contribution in [-0.2, 0) is 11.2 Å². The molecule has 1 N–H and O–H groups in total. The summed E-state index contributed by atoms with van der Waals surface area (Å²) in [7, 11) is 0. The predicted molar refractivity (Wildman–Crippen MR) is 53.1 cm³/mol. The molecule has 2 heterocycles. The highest BCUT2D eigenvalue weighted by Gasteiger charge is 2.06. The first-order valence-electron chi connectivity index (χ1n) is 4.44. The SMILES string of the molecule is O=C(Cc1ccccn1)Nc1ncco1. The van der Waals surface area contributed by atoms with Crippen molar-refractivity contribution in [2.45, 2.75) is 6.42 Å². The van der Waals surface area contributed by atoms with E-state index in [1.807, 2.05) is 6.07 Å². The van der Waals surface area contributed by atoms with Gasteiger partial charge in [0.2, 0.25) is 5.91 Å². The van der Waals surface area contributed by atoms with Gasteiger partial charge in [-0.05, 0) is 12.1 Å². The summed E-state index contributed by atoms with van der Waals surface area (Å²) in [6.07, 6.45) is 4.73. The fourth-order valence-electron chi connectivity index (χ4n) is 1.12. The number of oxazole rings is 1. The van der Waals surface area contributed by atoms with Crippen LogP contribution in [0, 0.1) is 0 Å². The van der Waals surface area contributed by atoms with Crippen LogP contribution in [0.1, 0.15) is 5.69 Å². The molecule has 1 amide bonds. The Morgan fingerprint density at radius 3 is 2.93 bits per heavy atom. The van der Waals surface area contributed by atoms with Crippen LogP contribution in [-0.4, -0.2) is 15.9 Å². The van der Waals surface area contributed by atoms with Crippen LogP contribution in [0.5, 0.6) is 0 Å². The lowest BCUT2D eigenvalue weighted by Crippen LogP contribution is -2.15. The van der Waals surface area contributed by atoms with Crippen molar-refractivity contribution in [1.29, 1.82) is 0 Å². The Hall–Kier alpha value is -2.17. The number of amides is 1. The first-order valence-corrected chi connectivity index (χ1v) is 4.44. The molecule has 0 radical (unpaired) electrons. The quantitative estimate of drug-likeness (QED) is 0.815. The molecule has 5 nitrogen and oxygen atoms in total. The molecule has 2 rings (SSSR count). The van der Waals surface area contributed by atoms with Crippen molar-refractivity contribution in [1.82, 2.24) is 9.97 Å². The second kappa shape index (κ2) is 4.36. The lowest BCUT2D eigenvalue weighted by atomic mass is 10.2. The van der Waals surface area contributed by atoms with Crippen LogP contribution in [0.25, 0.3) is 0 Å². The third-order valence-corrected chi connectivity index (χ3v) is 1.75. The summed E-state index contributed by atoms with van der Waals surface area (Å²) in [5, 5.41) is 2.51. The van der Waals surface area contributed by atoms with Crippen molar-refractivity contribution >= 4 is 11.9 Å². The molecule has 0 aliphatic rings. The van der Waals surface area contributed by atoms with Gasteiger partial charge in [0, 0.05) is 11.9 Å². The van der Waals surface area contributed by atoms with Crippen LogP contribution in [0.2, 0.25) is 0 Å². The minimum atomic E-state index is -0.198. The average molecular weight is 203 g/mol. The van der Waals surface area contributed by atoms with E-state index in [1.165, 1.54) is 12.5 Å². The Bertz CT molecular complexity index is 425. The normalized spacial score (nSPS) is 9.87. The zero-order chi connectivity index (χ0) is 10.5. The third-order valence-electron chi connectivity index (χ3n) is 1.75. The van der Waals surface area contributed by atoms with Gasteiger partial charge in [-0.3, -0.25) is 15.1 Å². The average Bonchev–Trinajstić information content (AvgIpc) is 2.71. The fourth-order valence-corrected chi connectivity index (χ4v) is 1.12. The van der Waals surface area contributed by atoms with Crippen molar-refractivity contribution < 1.29 is 9.21 Å². The molecule has 0 saturated carbocycles. The Morgan fingerprint density at radius 2 is 2.27 bits per heavy atom. The van der Waals surface area contributed by atoms with Crippen molar-refractivity contribution in [3.8, 4) is 0 Å². The number of aromatic nitrogens is 2. The maximum atomic E-state index is 11.4. The first kappa shape index (κ1) is 9.39. The Balaban J connectivity index is 1.94. The van der Waals surface area contributed by atoms with Crippen LogP contribution in [0.4, 0.5) is 6.01 Å². The predicted octanol–water partition coefficient (Wildman–Crippen LogP) is 1.25.